The van der Waals surface area contributed by atoms with Crippen LogP contribution >= 0.6 is 11.8 Å². The molecule has 274 valence electrons. The van der Waals surface area contributed by atoms with Crippen molar-refractivity contribution in [1.29, 1.82) is 0 Å². The summed E-state index contributed by atoms with van der Waals surface area (Å²) in [6.45, 7) is 14.2. The van der Waals surface area contributed by atoms with Gasteiger partial charge in [0.05, 0.1) is 23.9 Å². The first-order chi connectivity index (χ1) is 24.5. The number of carboxylic acids is 1. The lowest BCUT2D eigenvalue weighted by atomic mass is 10.1. The van der Waals surface area contributed by atoms with Crippen LogP contribution in [-0.4, -0.2) is 54.6 Å². The Morgan fingerprint density at radius 3 is 1.63 bits per heavy atom. The monoisotopic (exact) mass is 714 g/mol. The number of benzene rings is 2. The fraction of sp³-hybridized carbons (Fsp3) is 0.357. The zero-order valence-electron chi connectivity index (χ0n) is 31.2. The standard InChI is InChI=1S/C25H32N2O3S.C17H22O3/c1-19(2)6-5-7-20(3)14-16-30-22-10-8-21(9-11-22)25(28)26-15-17-31-24-13-12-23(29-4)18-27-24;1-13(2)5-4-6-14(3)11-12-20-16-9-7-15(8-10-16)17(18)19/h6,8-14,18H,5,7,15-17H2,1-4H3,(H,26,28);5,7-11H,4,6,12H2,1-3H3,(H,18,19)/b20-14+;14-11+. The highest BCUT2D eigenvalue weighted by Gasteiger charge is 2.06. The smallest absolute Gasteiger partial charge is 0.335 e. The van der Waals surface area contributed by atoms with Gasteiger partial charge in [-0.25, -0.2) is 9.78 Å². The molecule has 0 unspecified atom stereocenters. The van der Waals surface area contributed by atoms with Crippen LogP contribution in [0.2, 0.25) is 0 Å². The van der Waals surface area contributed by atoms with Crippen LogP contribution in [0.1, 0.15) is 87.9 Å². The SMILES string of the molecule is CC(C)=CCC/C(C)=C/COc1ccc(C(=O)O)cc1.COc1ccc(SCCNC(=O)c2ccc(OC/C=C(\C)CCC=C(C)C)cc2)nc1. The minimum Gasteiger partial charge on any atom is -0.495 e. The molecular formula is C42H54N2O6S. The predicted octanol–water partition coefficient (Wildman–Crippen LogP) is 10.1. The van der Waals surface area contributed by atoms with E-state index in [9.17, 15) is 9.59 Å². The fourth-order valence-electron chi connectivity index (χ4n) is 4.33. The zero-order valence-corrected chi connectivity index (χ0v) is 32.0. The van der Waals surface area contributed by atoms with Crippen LogP contribution < -0.4 is 19.5 Å². The second-order valence-electron chi connectivity index (χ2n) is 12.4. The van der Waals surface area contributed by atoms with Crippen LogP contribution in [0.15, 0.2) is 118 Å². The van der Waals surface area contributed by atoms with E-state index in [1.807, 2.05) is 24.3 Å². The van der Waals surface area contributed by atoms with Gasteiger partial charge in [-0.3, -0.25) is 4.79 Å². The summed E-state index contributed by atoms with van der Waals surface area (Å²) < 4.78 is 16.4. The average molecular weight is 715 g/mol. The van der Waals surface area contributed by atoms with Crippen LogP contribution in [0.5, 0.6) is 17.2 Å². The molecule has 0 radical (unpaired) electrons. The van der Waals surface area contributed by atoms with Gasteiger partial charge in [-0.2, -0.15) is 0 Å². The van der Waals surface area contributed by atoms with E-state index in [4.69, 9.17) is 19.3 Å². The normalized spacial score (nSPS) is 11.0. The topological polar surface area (TPSA) is 107 Å². The molecule has 0 spiro atoms. The number of ether oxygens (including phenoxy) is 3. The minimum absolute atomic E-state index is 0.0927. The van der Waals surface area contributed by atoms with Gasteiger partial charge in [-0.05, 0) is 140 Å². The van der Waals surface area contributed by atoms with Crippen LogP contribution in [0.3, 0.4) is 0 Å². The van der Waals surface area contributed by atoms with Crippen molar-refractivity contribution in [2.24, 2.45) is 0 Å². The van der Waals surface area contributed by atoms with E-state index in [2.05, 4.69) is 76.1 Å². The number of hydrogen-bond donors (Lipinski definition) is 2. The number of amides is 1. The molecule has 0 fully saturated rings. The molecule has 0 aliphatic rings. The van der Waals surface area contributed by atoms with E-state index in [-0.39, 0.29) is 11.5 Å². The number of allylic oxidation sites excluding steroid dienone is 6. The predicted molar refractivity (Wildman–Crippen MR) is 210 cm³/mol. The molecule has 1 heterocycles. The second kappa shape index (κ2) is 24.4. The lowest BCUT2D eigenvalue weighted by Gasteiger charge is -2.07. The molecule has 0 saturated carbocycles. The summed E-state index contributed by atoms with van der Waals surface area (Å²) in [6, 6.07) is 17.5. The zero-order chi connectivity index (χ0) is 37.4. The lowest BCUT2D eigenvalue weighted by molar-refractivity contribution is 0.0696. The van der Waals surface area contributed by atoms with Crippen molar-refractivity contribution < 1.29 is 28.9 Å². The van der Waals surface area contributed by atoms with Crippen molar-refractivity contribution in [3.63, 3.8) is 0 Å². The van der Waals surface area contributed by atoms with E-state index in [0.29, 0.717) is 31.1 Å². The van der Waals surface area contributed by atoms with Gasteiger partial charge in [0.25, 0.3) is 5.91 Å². The average Bonchev–Trinajstić information content (AvgIpc) is 3.11. The van der Waals surface area contributed by atoms with E-state index in [1.165, 1.54) is 22.3 Å². The number of aromatic carboxylic acids is 1. The van der Waals surface area contributed by atoms with E-state index >= 15 is 0 Å². The van der Waals surface area contributed by atoms with Crippen molar-refractivity contribution in [3.05, 3.63) is 125 Å². The molecule has 8 nitrogen and oxygen atoms in total. The lowest BCUT2D eigenvalue weighted by Crippen LogP contribution is -2.25. The maximum absolute atomic E-state index is 12.3. The summed E-state index contributed by atoms with van der Waals surface area (Å²) in [7, 11) is 1.62. The Bertz CT molecular complexity index is 1600. The molecule has 2 aromatic carbocycles. The summed E-state index contributed by atoms with van der Waals surface area (Å²) in [6.07, 6.45) is 14.5. The number of carbonyl (C=O) groups is 2. The van der Waals surface area contributed by atoms with Crippen molar-refractivity contribution >= 4 is 23.6 Å². The van der Waals surface area contributed by atoms with Crippen molar-refractivity contribution in [2.75, 3.05) is 32.6 Å². The first-order valence-corrected chi connectivity index (χ1v) is 18.1. The van der Waals surface area contributed by atoms with Gasteiger partial charge in [-0.15, -0.1) is 11.8 Å². The van der Waals surface area contributed by atoms with Gasteiger partial charge in [0.2, 0.25) is 0 Å². The van der Waals surface area contributed by atoms with Crippen LogP contribution in [0.25, 0.3) is 0 Å². The van der Waals surface area contributed by atoms with Crippen LogP contribution in [-0.2, 0) is 0 Å². The molecule has 1 aromatic heterocycles. The molecule has 1 amide bonds. The minimum atomic E-state index is -0.924. The molecule has 0 aliphatic heterocycles. The Morgan fingerprint density at radius 1 is 0.706 bits per heavy atom. The number of carboxylic acid groups (broad SMARTS) is 1. The van der Waals surface area contributed by atoms with Gasteiger partial charge in [-0.1, -0.05) is 34.4 Å². The summed E-state index contributed by atoms with van der Waals surface area (Å²) in [5, 5.41) is 12.6. The first kappa shape index (κ1) is 42.4. The Morgan fingerprint density at radius 2 is 1.20 bits per heavy atom. The van der Waals surface area contributed by atoms with Gasteiger partial charge >= 0.3 is 5.97 Å². The molecule has 0 aliphatic carbocycles. The summed E-state index contributed by atoms with van der Waals surface area (Å²) >= 11 is 1.59. The highest BCUT2D eigenvalue weighted by Crippen LogP contribution is 2.18. The maximum atomic E-state index is 12.3. The van der Waals surface area contributed by atoms with Gasteiger partial charge in [0, 0.05) is 17.9 Å². The number of aromatic nitrogens is 1. The number of hydrogen-bond acceptors (Lipinski definition) is 7. The quantitative estimate of drug-likeness (QED) is 0.0718. The summed E-state index contributed by atoms with van der Waals surface area (Å²) in [5.74, 6) is 1.90. The Labute approximate surface area is 308 Å². The molecule has 0 saturated heterocycles. The van der Waals surface area contributed by atoms with Crippen molar-refractivity contribution in [1.82, 2.24) is 10.3 Å². The van der Waals surface area contributed by atoms with Gasteiger partial charge in [0.1, 0.15) is 30.5 Å². The first-order valence-electron chi connectivity index (χ1n) is 17.1. The Kier molecular flexibility index (Phi) is 20.3. The summed E-state index contributed by atoms with van der Waals surface area (Å²) in [5.41, 5.74) is 6.19. The number of methoxy groups -OCH3 is 1. The highest BCUT2D eigenvalue weighted by atomic mass is 32.2. The molecular weight excluding hydrogens is 661 g/mol. The Hall–Kier alpha value is -4.76. The molecule has 0 atom stereocenters. The van der Waals surface area contributed by atoms with Gasteiger partial charge in [0.15, 0.2) is 0 Å². The number of pyridine rings is 1. The summed E-state index contributed by atoms with van der Waals surface area (Å²) in [4.78, 5) is 27.3. The third kappa shape index (κ3) is 19.3. The largest absolute Gasteiger partial charge is 0.495 e. The molecule has 9 heteroatoms. The number of carbonyl (C=O) groups excluding carboxylic acids is 1. The Balaban J connectivity index is 0.000000389. The van der Waals surface area contributed by atoms with Crippen molar-refractivity contribution in [2.45, 2.75) is 72.3 Å². The molecule has 3 aromatic rings. The van der Waals surface area contributed by atoms with Crippen LogP contribution in [0.4, 0.5) is 0 Å². The fourth-order valence-corrected chi connectivity index (χ4v) is 5.04. The van der Waals surface area contributed by atoms with Crippen molar-refractivity contribution in [3.8, 4) is 17.2 Å². The molecule has 0 bridgehead atoms. The highest BCUT2D eigenvalue weighted by molar-refractivity contribution is 7.99. The molecule has 2 N–H and O–H groups in total. The number of thioether (sulfide) groups is 1. The van der Waals surface area contributed by atoms with E-state index in [0.717, 1.165) is 48.0 Å². The number of nitrogens with one attached hydrogen (secondary N) is 1. The van der Waals surface area contributed by atoms with E-state index in [1.54, 1.807) is 61.5 Å². The third-order valence-corrected chi connectivity index (χ3v) is 8.29. The van der Waals surface area contributed by atoms with Crippen LogP contribution in [0, 0.1) is 0 Å². The molecule has 3 rings (SSSR count). The van der Waals surface area contributed by atoms with Gasteiger partial charge < -0.3 is 24.6 Å². The number of nitrogens with zero attached hydrogens (tertiary/aromatic N) is 1. The molecule has 51 heavy (non-hydrogen) atoms. The van der Waals surface area contributed by atoms with E-state index < -0.39 is 5.97 Å². The second-order valence-corrected chi connectivity index (χ2v) is 13.5. The maximum Gasteiger partial charge on any atom is 0.335 e. The third-order valence-electron chi connectivity index (χ3n) is 7.35. The number of rotatable bonds is 19.